The summed E-state index contributed by atoms with van der Waals surface area (Å²) >= 11 is 0. The number of hydrogen-bond acceptors (Lipinski definition) is 5. The highest BCUT2D eigenvalue weighted by Gasteiger charge is 2.22. The van der Waals surface area contributed by atoms with Crippen molar-refractivity contribution in [3.05, 3.63) is 46.8 Å². The van der Waals surface area contributed by atoms with E-state index in [9.17, 15) is 9.90 Å². The summed E-state index contributed by atoms with van der Waals surface area (Å²) in [6.45, 7) is 7.54. The summed E-state index contributed by atoms with van der Waals surface area (Å²) in [7, 11) is 0. The average Bonchev–Trinajstić information content (AvgIpc) is 2.80. The number of carbonyl (C=O) groups excluding carboxylic acids is 1. The van der Waals surface area contributed by atoms with Crippen LogP contribution in [0.15, 0.2) is 28.8 Å². The van der Waals surface area contributed by atoms with E-state index in [1.165, 1.54) is 0 Å². The maximum atomic E-state index is 12.7. The Kier molecular flexibility index (Phi) is 4.85. The molecule has 1 saturated heterocycles. The molecular formula is C18H23N3O3. The highest BCUT2D eigenvalue weighted by atomic mass is 16.5. The van der Waals surface area contributed by atoms with Crippen LogP contribution in [0.5, 0.6) is 5.75 Å². The monoisotopic (exact) mass is 329 g/mol. The van der Waals surface area contributed by atoms with Gasteiger partial charge in [-0.2, -0.15) is 0 Å². The van der Waals surface area contributed by atoms with Gasteiger partial charge in [-0.25, -0.2) is 0 Å². The van der Waals surface area contributed by atoms with E-state index < -0.39 is 0 Å². The van der Waals surface area contributed by atoms with Crippen LogP contribution < -0.4 is 0 Å². The van der Waals surface area contributed by atoms with Crippen LogP contribution in [0.3, 0.4) is 0 Å². The number of rotatable bonds is 3. The number of phenolic OH excluding ortho intramolecular Hbond substituents is 1. The van der Waals surface area contributed by atoms with Gasteiger partial charge in [-0.3, -0.25) is 9.69 Å². The zero-order chi connectivity index (χ0) is 17.1. The lowest BCUT2D eigenvalue weighted by atomic mass is 10.1. The third-order valence-electron chi connectivity index (χ3n) is 4.32. The van der Waals surface area contributed by atoms with Crippen LogP contribution in [0.1, 0.15) is 33.8 Å². The Morgan fingerprint density at radius 2 is 2.04 bits per heavy atom. The number of phenols is 1. The summed E-state index contributed by atoms with van der Waals surface area (Å²) in [5.74, 6) is 0.761. The second kappa shape index (κ2) is 7.05. The van der Waals surface area contributed by atoms with E-state index in [0.717, 1.165) is 43.1 Å². The highest BCUT2D eigenvalue weighted by Crippen LogP contribution is 2.21. The number of carbonyl (C=O) groups is 1. The SMILES string of the molecule is Cc1ccc(C(=O)N2CCCN(Cc3cc(C)on3)CC2)c(O)c1. The molecular weight excluding hydrogens is 306 g/mol. The zero-order valence-corrected chi connectivity index (χ0v) is 14.2. The third kappa shape index (κ3) is 3.76. The van der Waals surface area contributed by atoms with Crippen molar-refractivity contribution in [1.82, 2.24) is 15.0 Å². The lowest BCUT2D eigenvalue weighted by Gasteiger charge is -2.22. The largest absolute Gasteiger partial charge is 0.507 e. The molecule has 128 valence electrons. The number of nitrogens with zero attached hydrogens (tertiary/aromatic N) is 3. The molecule has 1 amide bonds. The first kappa shape index (κ1) is 16.5. The first-order chi connectivity index (χ1) is 11.5. The molecule has 6 heteroatoms. The molecule has 1 fully saturated rings. The van der Waals surface area contributed by atoms with Gasteiger partial charge in [0.05, 0.1) is 11.3 Å². The quantitative estimate of drug-likeness (QED) is 0.936. The molecule has 1 aliphatic rings. The Bertz CT molecular complexity index is 726. The van der Waals surface area contributed by atoms with Crippen molar-refractivity contribution < 1.29 is 14.4 Å². The molecule has 24 heavy (non-hydrogen) atoms. The van der Waals surface area contributed by atoms with E-state index in [0.29, 0.717) is 18.7 Å². The normalized spacial score (nSPS) is 16.2. The standard InChI is InChI=1S/C18H23N3O3/c1-13-4-5-16(17(22)10-13)18(23)21-7-3-6-20(8-9-21)12-15-11-14(2)24-19-15/h4-5,10-11,22H,3,6-9,12H2,1-2H3. The maximum Gasteiger partial charge on any atom is 0.257 e. The minimum Gasteiger partial charge on any atom is -0.507 e. The number of aryl methyl sites for hydroxylation is 2. The molecule has 1 aromatic carbocycles. The molecule has 1 N–H and O–H groups in total. The molecule has 1 aromatic heterocycles. The summed E-state index contributed by atoms with van der Waals surface area (Å²) in [6.07, 6.45) is 0.898. The molecule has 0 radical (unpaired) electrons. The van der Waals surface area contributed by atoms with Gasteiger partial charge in [0.1, 0.15) is 11.5 Å². The fourth-order valence-corrected chi connectivity index (χ4v) is 3.05. The Balaban J connectivity index is 1.63. The van der Waals surface area contributed by atoms with Gasteiger partial charge in [0, 0.05) is 38.8 Å². The van der Waals surface area contributed by atoms with Crippen molar-refractivity contribution in [3.8, 4) is 5.75 Å². The van der Waals surface area contributed by atoms with Crippen LogP contribution in [0.4, 0.5) is 0 Å². The molecule has 0 saturated carbocycles. The molecule has 2 aromatic rings. The van der Waals surface area contributed by atoms with Crippen LogP contribution >= 0.6 is 0 Å². The molecule has 1 aliphatic heterocycles. The maximum absolute atomic E-state index is 12.7. The van der Waals surface area contributed by atoms with Gasteiger partial charge in [-0.05, 0) is 38.0 Å². The summed E-state index contributed by atoms with van der Waals surface area (Å²) in [4.78, 5) is 16.8. The first-order valence-electron chi connectivity index (χ1n) is 8.26. The fraction of sp³-hybridized carbons (Fsp3) is 0.444. The predicted octanol–water partition coefficient (Wildman–Crippen LogP) is 2.35. The number of benzene rings is 1. The van der Waals surface area contributed by atoms with Gasteiger partial charge < -0.3 is 14.5 Å². The first-order valence-corrected chi connectivity index (χ1v) is 8.26. The van der Waals surface area contributed by atoms with Crippen molar-refractivity contribution in [2.75, 3.05) is 26.2 Å². The average molecular weight is 329 g/mol. The minimum atomic E-state index is -0.105. The van der Waals surface area contributed by atoms with Gasteiger partial charge in [-0.15, -0.1) is 0 Å². The second-order valence-electron chi connectivity index (χ2n) is 6.37. The minimum absolute atomic E-state index is 0.0548. The number of hydrogen-bond donors (Lipinski definition) is 1. The molecule has 0 aliphatic carbocycles. The number of amides is 1. The summed E-state index contributed by atoms with van der Waals surface area (Å²) < 4.78 is 5.11. The smallest absolute Gasteiger partial charge is 0.257 e. The van der Waals surface area contributed by atoms with Crippen LogP contribution in [-0.4, -0.2) is 52.1 Å². The van der Waals surface area contributed by atoms with Crippen LogP contribution in [0.2, 0.25) is 0 Å². The molecule has 0 spiro atoms. The predicted molar refractivity (Wildman–Crippen MR) is 89.9 cm³/mol. The molecule has 0 atom stereocenters. The van der Waals surface area contributed by atoms with Gasteiger partial charge in [0.15, 0.2) is 0 Å². The summed E-state index contributed by atoms with van der Waals surface area (Å²) in [5, 5.41) is 14.1. The van der Waals surface area contributed by atoms with E-state index in [1.54, 1.807) is 12.1 Å². The van der Waals surface area contributed by atoms with Crippen molar-refractivity contribution in [1.29, 1.82) is 0 Å². The van der Waals surface area contributed by atoms with Gasteiger partial charge in [-0.1, -0.05) is 11.2 Å². The van der Waals surface area contributed by atoms with E-state index in [1.807, 2.05) is 30.9 Å². The Labute approximate surface area is 141 Å². The van der Waals surface area contributed by atoms with Crippen molar-refractivity contribution in [3.63, 3.8) is 0 Å². The third-order valence-corrected chi connectivity index (χ3v) is 4.32. The van der Waals surface area contributed by atoms with Crippen LogP contribution in [0.25, 0.3) is 0 Å². The lowest BCUT2D eigenvalue weighted by molar-refractivity contribution is 0.0758. The van der Waals surface area contributed by atoms with E-state index >= 15 is 0 Å². The van der Waals surface area contributed by atoms with Crippen molar-refractivity contribution in [2.24, 2.45) is 0 Å². The Morgan fingerprint density at radius 3 is 2.75 bits per heavy atom. The topological polar surface area (TPSA) is 69.8 Å². The lowest BCUT2D eigenvalue weighted by Crippen LogP contribution is -2.35. The fourth-order valence-electron chi connectivity index (χ4n) is 3.05. The Hall–Kier alpha value is -2.34. The molecule has 6 nitrogen and oxygen atoms in total. The van der Waals surface area contributed by atoms with E-state index in [-0.39, 0.29) is 11.7 Å². The molecule has 0 unspecified atom stereocenters. The summed E-state index contributed by atoms with van der Waals surface area (Å²) in [5.41, 5.74) is 2.23. The molecule has 0 bridgehead atoms. The second-order valence-corrected chi connectivity index (χ2v) is 6.37. The molecule has 2 heterocycles. The number of aromatic nitrogens is 1. The number of aromatic hydroxyl groups is 1. The van der Waals surface area contributed by atoms with Crippen molar-refractivity contribution in [2.45, 2.75) is 26.8 Å². The summed E-state index contributed by atoms with van der Waals surface area (Å²) in [6, 6.07) is 7.13. The van der Waals surface area contributed by atoms with Gasteiger partial charge in [0.25, 0.3) is 5.91 Å². The van der Waals surface area contributed by atoms with E-state index in [2.05, 4.69) is 10.1 Å². The van der Waals surface area contributed by atoms with Crippen LogP contribution in [-0.2, 0) is 6.54 Å². The molecule has 3 rings (SSSR count). The van der Waals surface area contributed by atoms with Crippen molar-refractivity contribution >= 4 is 5.91 Å². The van der Waals surface area contributed by atoms with E-state index in [4.69, 9.17) is 4.52 Å². The van der Waals surface area contributed by atoms with Gasteiger partial charge in [0.2, 0.25) is 0 Å². The van der Waals surface area contributed by atoms with Gasteiger partial charge >= 0.3 is 0 Å². The van der Waals surface area contributed by atoms with Crippen LogP contribution in [0, 0.1) is 13.8 Å². The zero-order valence-electron chi connectivity index (χ0n) is 14.2. The highest BCUT2D eigenvalue weighted by molar-refractivity contribution is 5.96. The Morgan fingerprint density at radius 1 is 1.21 bits per heavy atom.